The summed E-state index contributed by atoms with van der Waals surface area (Å²) in [5, 5.41) is 10.3. The van der Waals surface area contributed by atoms with Gasteiger partial charge in [0, 0.05) is 58.9 Å². The molecule has 2 saturated heterocycles. The summed E-state index contributed by atoms with van der Waals surface area (Å²) in [5.74, 6) is -0.183. The predicted molar refractivity (Wildman–Crippen MR) is 91.4 cm³/mol. The summed E-state index contributed by atoms with van der Waals surface area (Å²) in [6.07, 6.45) is -0.299. The van der Waals surface area contributed by atoms with E-state index in [1.54, 1.807) is 0 Å². The van der Waals surface area contributed by atoms with E-state index in [9.17, 15) is 9.50 Å². The van der Waals surface area contributed by atoms with Crippen LogP contribution >= 0.6 is 0 Å². The quantitative estimate of drug-likeness (QED) is 0.825. The number of aliphatic hydroxyl groups is 1. The Hall–Kier alpha value is -1.05. The molecule has 3 rings (SSSR count). The number of ether oxygens (including phenoxy) is 1. The minimum Gasteiger partial charge on any atom is -0.390 e. The first-order valence-electron chi connectivity index (χ1n) is 8.86. The molecule has 2 fully saturated rings. The monoisotopic (exact) mass is 337 g/mol. The van der Waals surface area contributed by atoms with Crippen LogP contribution in [0.3, 0.4) is 0 Å². The van der Waals surface area contributed by atoms with E-state index in [2.05, 4.69) is 14.7 Å². The second kappa shape index (κ2) is 8.87. The highest BCUT2D eigenvalue weighted by Crippen LogP contribution is 2.10. The van der Waals surface area contributed by atoms with E-state index in [0.29, 0.717) is 0 Å². The van der Waals surface area contributed by atoms with E-state index in [4.69, 9.17) is 4.74 Å². The SMILES string of the molecule is OC(CN1CCOCC1)CN1CCN(Cc2ccc(F)cc2)CC1. The normalized spacial score (nSPS) is 22.6. The summed E-state index contributed by atoms with van der Waals surface area (Å²) in [5.41, 5.74) is 1.15. The lowest BCUT2D eigenvalue weighted by Gasteiger charge is -2.36. The molecular formula is C18H28FN3O2. The standard InChI is InChI=1S/C18H28FN3O2/c19-17-3-1-16(2-4-17)13-20-5-7-21(8-6-20)14-18(23)15-22-9-11-24-12-10-22/h1-4,18,23H,5-15H2. The number of piperazine rings is 1. The minimum absolute atomic E-state index is 0.183. The van der Waals surface area contributed by atoms with Gasteiger partial charge in [-0.3, -0.25) is 14.7 Å². The van der Waals surface area contributed by atoms with Crippen LogP contribution < -0.4 is 0 Å². The van der Waals surface area contributed by atoms with Crippen LogP contribution in [0.4, 0.5) is 4.39 Å². The van der Waals surface area contributed by atoms with Gasteiger partial charge >= 0.3 is 0 Å². The van der Waals surface area contributed by atoms with Gasteiger partial charge < -0.3 is 9.84 Å². The Morgan fingerprint density at radius 1 is 0.875 bits per heavy atom. The lowest BCUT2D eigenvalue weighted by molar-refractivity contribution is 0.00218. The van der Waals surface area contributed by atoms with Gasteiger partial charge in [0.05, 0.1) is 19.3 Å². The van der Waals surface area contributed by atoms with Gasteiger partial charge in [0.2, 0.25) is 0 Å². The number of β-amino-alcohol motifs (C(OH)–C–C–N with tert-alkyl or cyclic N) is 1. The van der Waals surface area contributed by atoms with Crippen molar-refractivity contribution in [1.29, 1.82) is 0 Å². The maximum Gasteiger partial charge on any atom is 0.123 e. The van der Waals surface area contributed by atoms with Gasteiger partial charge in [0.25, 0.3) is 0 Å². The molecule has 0 saturated carbocycles. The Balaban J connectivity index is 1.36. The average Bonchev–Trinajstić information content (AvgIpc) is 2.59. The molecule has 134 valence electrons. The first kappa shape index (κ1) is 17.8. The van der Waals surface area contributed by atoms with E-state index in [1.165, 1.54) is 12.1 Å². The van der Waals surface area contributed by atoms with Gasteiger partial charge in [-0.2, -0.15) is 0 Å². The lowest BCUT2D eigenvalue weighted by Crippen LogP contribution is -2.50. The second-order valence-corrected chi connectivity index (χ2v) is 6.77. The fraction of sp³-hybridized carbons (Fsp3) is 0.667. The molecule has 0 bridgehead atoms. The number of hydrogen-bond donors (Lipinski definition) is 1. The van der Waals surface area contributed by atoms with Crippen molar-refractivity contribution >= 4 is 0 Å². The number of halogens is 1. The molecule has 6 heteroatoms. The van der Waals surface area contributed by atoms with Crippen LogP contribution in [0.1, 0.15) is 5.56 Å². The van der Waals surface area contributed by atoms with Crippen molar-refractivity contribution in [2.24, 2.45) is 0 Å². The molecular weight excluding hydrogens is 309 g/mol. The Labute approximate surface area is 143 Å². The molecule has 0 aromatic heterocycles. The molecule has 2 heterocycles. The van der Waals surface area contributed by atoms with Crippen molar-refractivity contribution in [2.45, 2.75) is 12.6 Å². The molecule has 2 aliphatic rings. The lowest BCUT2D eigenvalue weighted by atomic mass is 10.2. The van der Waals surface area contributed by atoms with E-state index < -0.39 is 0 Å². The summed E-state index contributed by atoms with van der Waals surface area (Å²) >= 11 is 0. The predicted octanol–water partition coefficient (Wildman–Crippen LogP) is 0.636. The van der Waals surface area contributed by atoms with Gasteiger partial charge in [-0.1, -0.05) is 12.1 Å². The molecule has 1 atom stereocenters. The first-order valence-corrected chi connectivity index (χ1v) is 8.86. The molecule has 2 aliphatic heterocycles. The zero-order chi connectivity index (χ0) is 16.8. The summed E-state index contributed by atoms with van der Waals surface area (Å²) in [7, 11) is 0. The highest BCUT2D eigenvalue weighted by molar-refractivity contribution is 5.15. The zero-order valence-electron chi connectivity index (χ0n) is 14.2. The van der Waals surface area contributed by atoms with Crippen LogP contribution in [-0.2, 0) is 11.3 Å². The Morgan fingerprint density at radius 2 is 1.42 bits per heavy atom. The third kappa shape index (κ3) is 5.50. The molecule has 1 aromatic carbocycles. The first-order chi connectivity index (χ1) is 11.7. The Morgan fingerprint density at radius 3 is 2.04 bits per heavy atom. The van der Waals surface area contributed by atoms with Crippen molar-refractivity contribution in [3.8, 4) is 0 Å². The maximum absolute atomic E-state index is 13.0. The molecule has 1 unspecified atom stereocenters. The fourth-order valence-electron chi connectivity index (χ4n) is 3.42. The molecule has 1 aromatic rings. The van der Waals surface area contributed by atoms with Crippen LogP contribution in [0.25, 0.3) is 0 Å². The van der Waals surface area contributed by atoms with Crippen molar-refractivity contribution in [1.82, 2.24) is 14.7 Å². The fourth-order valence-corrected chi connectivity index (χ4v) is 3.42. The molecule has 0 spiro atoms. The summed E-state index contributed by atoms with van der Waals surface area (Å²) in [4.78, 5) is 7.00. The van der Waals surface area contributed by atoms with Gasteiger partial charge in [-0.25, -0.2) is 4.39 Å². The summed E-state index contributed by atoms with van der Waals surface area (Å²) in [6.45, 7) is 9.64. The Bertz CT molecular complexity index is 486. The summed E-state index contributed by atoms with van der Waals surface area (Å²) < 4.78 is 18.3. The van der Waals surface area contributed by atoms with Crippen LogP contribution in [0, 0.1) is 5.82 Å². The third-order valence-corrected chi connectivity index (χ3v) is 4.83. The van der Waals surface area contributed by atoms with Crippen molar-refractivity contribution < 1.29 is 14.2 Å². The van der Waals surface area contributed by atoms with E-state index in [0.717, 1.165) is 77.7 Å². The number of benzene rings is 1. The molecule has 0 aliphatic carbocycles. The highest BCUT2D eigenvalue weighted by atomic mass is 19.1. The van der Waals surface area contributed by atoms with Crippen LogP contribution in [0.5, 0.6) is 0 Å². The number of morpholine rings is 1. The van der Waals surface area contributed by atoms with Crippen molar-refractivity contribution in [2.75, 3.05) is 65.6 Å². The zero-order valence-corrected chi connectivity index (χ0v) is 14.2. The van der Waals surface area contributed by atoms with Gasteiger partial charge in [-0.05, 0) is 17.7 Å². The number of hydrogen-bond acceptors (Lipinski definition) is 5. The molecule has 0 radical (unpaired) electrons. The van der Waals surface area contributed by atoms with E-state index in [-0.39, 0.29) is 11.9 Å². The van der Waals surface area contributed by atoms with E-state index in [1.807, 2.05) is 12.1 Å². The van der Waals surface area contributed by atoms with Crippen LogP contribution in [0.2, 0.25) is 0 Å². The molecule has 24 heavy (non-hydrogen) atoms. The molecule has 1 N–H and O–H groups in total. The largest absolute Gasteiger partial charge is 0.390 e. The third-order valence-electron chi connectivity index (χ3n) is 4.83. The van der Waals surface area contributed by atoms with Crippen LogP contribution in [-0.4, -0.2) is 91.5 Å². The van der Waals surface area contributed by atoms with Gasteiger partial charge in [0.15, 0.2) is 0 Å². The van der Waals surface area contributed by atoms with Gasteiger partial charge in [0.1, 0.15) is 5.82 Å². The van der Waals surface area contributed by atoms with Crippen LogP contribution in [0.15, 0.2) is 24.3 Å². The van der Waals surface area contributed by atoms with Crippen molar-refractivity contribution in [3.05, 3.63) is 35.6 Å². The number of aliphatic hydroxyl groups excluding tert-OH is 1. The topological polar surface area (TPSA) is 39.2 Å². The minimum atomic E-state index is -0.299. The van der Waals surface area contributed by atoms with Gasteiger partial charge in [-0.15, -0.1) is 0 Å². The smallest absolute Gasteiger partial charge is 0.123 e. The Kier molecular flexibility index (Phi) is 6.57. The number of rotatable bonds is 6. The average molecular weight is 337 g/mol. The summed E-state index contributed by atoms with van der Waals surface area (Å²) in [6, 6.07) is 6.75. The molecule has 5 nitrogen and oxygen atoms in total. The second-order valence-electron chi connectivity index (χ2n) is 6.77. The van der Waals surface area contributed by atoms with E-state index >= 15 is 0 Å². The molecule has 0 amide bonds. The maximum atomic E-state index is 13.0. The van der Waals surface area contributed by atoms with Crippen molar-refractivity contribution in [3.63, 3.8) is 0 Å². The number of nitrogens with zero attached hydrogens (tertiary/aromatic N) is 3. The highest BCUT2D eigenvalue weighted by Gasteiger charge is 2.21.